The molecular formula is C42H55NO17. The van der Waals surface area contributed by atoms with Gasteiger partial charge in [-0.25, -0.2) is 19.2 Å². The van der Waals surface area contributed by atoms with E-state index in [0.717, 1.165) is 19.4 Å². The van der Waals surface area contributed by atoms with Gasteiger partial charge in [-0.1, -0.05) is 6.07 Å². The summed E-state index contributed by atoms with van der Waals surface area (Å²) in [5, 5.41) is 12.7. The van der Waals surface area contributed by atoms with Crippen LogP contribution in [0.3, 0.4) is 0 Å². The number of benzene rings is 1. The second kappa shape index (κ2) is 16.3. The third-order valence-electron chi connectivity index (χ3n) is 10.2. The molecule has 2 aliphatic heterocycles. The molecule has 18 heteroatoms. The minimum atomic E-state index is -2.37. The molecule has 0 amide bonds. The third-order valence-corrected chi connectivity index (χ3v) is 10.2. The summed E-state index contributed by atoms with van der Waals surface area (Å²) in [6.45, 7) is 16.7. The second-order valence-corrected chi connectivity index (χ2v) is 18.4. The van der Waals surface area contributed by atoms with Gasteiger partial charge in [0, 0.05) is 31.9 Å². The molecule has 5 rings (SSSR count). The zero-order chi connectivity index (χ0) is 44.9. The van der Waals surface area contributed by atoms with E-state index < -0.39 is 107 Å². The summed E-state index contributed by atoms with van der Waals surface area (Å²) in [6.07, 6.45) is -7.61. The molecule has 60 heavy (non-hydrogen) atoms. The molecule has 2 heterocycles. The van der Waals surface area contributed by atoms with Gasteiger partial charge in [-0.15, -0.1) is 0 Å². The van der Waals surface area contributed by atoms with Gasteiger partial charge in [0.15, 0.2) is 17.6 Å². The fraction of sp³-hybridized carbons (Fsp3) is 0.643. The van der Waals surface area contributed by atoms with E-state index in [1.54, 1.807) is 53.7 Å². The number of carbonyl (C=O) groups excluding carboxylic acids is 7. The summed E-state index contributed by atoms with van der Waals surface area (Å²) in [5.41, 5.74) is -4.33. The van der Waals surface area contributed by atoms with Crippen LogP contribution in [0.15, 0.2) is 24.0 Å². The van der Waals surface area contributed by atoms with Crippen molar-refractivity contribution >= 4 is 42.0 Å². The number of esters is 6. The summed E-state index contributed by atoms with van der Waals surface area (Å²) in [4.78, 5) is 94.1. The monoisotopic (exact) mass is 845 g/mol. The molecule has 1 fully saturated rings. The number of carbonyl (C=O) groups is 7. The smallest absolute Gasteiger partial charge is 0.477 e. The van der Waals surface area contributed by atoms with Crippen molar-refractivity contribution in [2.75, 3.05) is 13.6 Å². The van der Waals surface area contributed by atoms with Gasteiger partial charge >= 0.3 is 42.0 Å². The Balaban J connectivity index is 1.50. The van der Waals surface area contributed by atoms with Gasteiger partial charge in [0.05, 0.1) is 17.4 Å². The van der Waals surface area contributed by atoms with Gasteiger partial charge in [0.1, 0.15) is 22.6 Å². The minimum Gasteiger partial charge on any atom is -0.477 e. The van der Waals surface area contributed by atoms with Crippen molar-refractivity contribution in [1.82, 2.24) is 4.90 Å². The number of likely N-dealkylation sites (tertiary alicyclic amines) is 1. The average Bonchev–Trinajstić information content (AvgIpc) is 3.43. The number of ether oxygens (including phenoxy) is 9. The molecule has 1 unspecified atom stereocenters. The Hall–Kier alpha value is -5.23. The van der Waals surface area contributed by atoms with Crippen molar-refractivity contribution in [3.8, 4) is 11.5 Å². The number of hydrogen-bond acceptors (Lipinski definition) is 18. The van der Waals surface area contributed by atoms with Crippen LogP contribution in [0, 0.1) is 0 Å². The number of likely N-dealkylation sites (N-methyl/N-ethyl adjacent to an activating group) is 1. The number of piperidine rings is 1. The summed E-state index contributed by atoms with van der Waals surface area (Å²) < 4.78 is 50.0. The normalized spacial score (nSPS) is 24.4. The molecule has 1 aromatic rings. The maximum Gasteiger partial charge on any atom is 0.514 e. The molecule has 1 aromatic carbocycles. The first-order valence-electron chi connectivity index (χ1n) is 19.6. The molecule has 0 radical (unpaired) electrons. The van der Waals surface area contributed by atoms with E-state index >= 15 is 0 Å². The Morgan fingerprint density at radius 2 is 1.38 bits per heavy atom. The van der Waals surface area contributed by atoms with E-state index in [-0.39, 0.29) is 23.7 Å². The van der Waals surface area contributed by atoms with Crippen LogP contribution in [0.25, 0.3) is 0 Å². The lowest BCUT2D eigenvalue weighted by Crippen LogP contribution is -2.74. The van der Waals surface area contributed by atoms with Gasteiger partial charge in [0.2, 0.25) is 18.3 Å². The first kappa shape index (κ1) is 45.8. The summed E-state index contributed by atoms with van der Waals surface area (Å²) >= 11 is 0. The van der Waals surface area contributed by atoms with Crippen LogP contribution in [0.2, 0.25) is 0 Å². The molecule has 0 saturated carbocycles. The first-order valence-corrected chi connectivity index (χ1v) is 19.6. The standard InChI is InChI=1S/C42H55NO17/c1-21(44)52-31(32(53-22(2)45)36(49)55-26(34(47)59-39(6,7)8)20-28(46)58-38(3,4)5)35(48)54-25-15-16-42(51)27-19-23-13-14-24(56-37(50)60-40(9,10)11)30-29(23)41(42,33(25)57-30)17-18-43(27)12/h13-15,26-27,31-33,51H,16-20H2,1-12H3/t26-,27?,31-,32-,33+,41+,42+/m1/s1. The van der Waals surface area contributed by atoms with Crippen LogP contribution in [0.1, 0.15) is 107 Å². The highest BCUT2D eigenvalue weighted by Crippen LogP contribution is 2.65. The van der Waals surface area contributed by atoms with E-state index in [2.05, 4.69) is 0 Å². The van der Waals surface area contributed by atoms with E-state index in [9.17, 15) is 38.7 Å². The van der Waals surface area contributed by atoms with Crippen molar-refractivity contribution in [1.29, 1.82) is 0 Å². The molecule has 7 atom stereocenters. The average molecular weight is 846 g/mol. The molecule has 1 saturated heterocycles. The Morgan fingerprint density at radius 3 is 1.95 bits per heavy atom. The minimum absolute atomic E-state index is 0.00133. The van der Waals surface area contributed by atoms with Gasteiger partial charge in [-0.3, -0.25) is 14.4 Å². The predicted molar refractivity (Wildman–Crippen MR) is 205 cm³/mol. The van der Waals surface area contributed by atoms with Gasteiger partial charge < -0.3 is 52.6 Å². The fourth-order valence-electron chi connectivity index (χ4n) is 8.15. The van der Waals surface area contributed by atoms with Gasteiger partial charge in [0.25, 0.3) is 0 Å². The molecule has 330 valence electrons. The van der Waals surface area contributed by atoms with Gasteiger partial charge in [-0.2, -0.15) is 0 Å². The van der Waals surface area contributed by atoms with E-state index in [0.29, 0.717) is 24.9 Å². The van der Waals surface area contributed by atoms with Crippen LogP contribution in [0.5, 0.6) is 11.5 Å². The largest absolute Gasteiger partial charge is 0.514 e. The molecule has 1 N–H and O–H groups in total. The van der Waals surface area contributed by atoms with E-state index in [4.69, 9.17) is 42.6 Å². The van der Waals surface area contributed by atoms with Gasteiger partial charge in [-0.05, 0) is 106 Å². The molecular weight excluding hydrogens is 790 g/mol. The zero-order valence-electron chi connectivity index (χ0n) is 36.1. The lowest BCUT2D eigenvalue weighted by atomic mass is 9.50. The van der Waals surface area contributed by atoms with Crippen LogP contribution < -0.4 is 9.47 Å². The summed E-state index contributed by atoms with van der Waals surface area (Å²) in [5.74, 6) is -7.35. The fourth-order valence-corrected chi connectivity index (χ4v) is 8.15. The lowest BCUT2D eigenvalue weighted by molar-refractivity contribution is -0.198. The van der Waals surface area contributed by atoms with Crippen LogP contribution in [0.4, 0.5) is 4.79 Å². The highest BCUT2D eigenvalue weighted by molar-refractivity contribution is 5.91. The van der Waals surface area contributed by atoms with Crippen molar-refractivity contribution < 1.29 is 81.3 Å². The number of rotatable bonds is 11. The highest BCUT2D eigenvalue weighted by Gasteiger charge is 2.72. The Kier molecular flexibility index (Phi) is 12.5. The SMILES string of the molecule is CC(=O)O[C@@H](C(=O)OC1=CC[C@]2(O)C3Cc4ccc(OC(=O)OC(C)(C)C)c5c4[C@@]2(CCN3C)[C@H]1O5)[C@@H](OC(C)=O)C(=O)O[C@H](CC(=O)OC(C)(C)C)C(=O)OC(C)(C)C. The lowest BCUT2D eigenvalue weighted by Gasteiger charge is -2.61. The Labute approximate surface area is 348 Å². The van der Waals surface area contributed by atoms with E-state index in [1.807, 2.05) is 11.9 Å². The predicted octanol–water partition coefficient (Wildman–Crippen LogP) is 3.67. The van der Waals surface area contributed by atoms with E-state index in [1.165, 1.54) is 26.8 Å². The maximum absolute atomic E-state index is 14.3. The van der Waals surface area contributed by atoms with Crippen molar-refractivity contribution in [2.45, 2.75) is 160 Å². The topological polar surface area (TPSA) is 226 Å². The highest BCUT2D eigenvalue weighted by atomic mass is 16.7. The number of aliphatic hydroxyl groups is 1. The maximum atomic E-state index is 14.3. The molecule has 2 bridgehead atoms. The number of nitrogens with zero attached hydrogens (tertiary/aromatic N) is 1. The van der Waals surface area contributed by atoms with Crippen molar-refractivity contribution in [2.24, 2.45) is 0 Å². The molecule has 4 aliphatic rings. The second-order valence-electron chi connectivity index (χ2n) is 18.4. The molecule has 0 aromatic heterocycles. The van der Waals surface area contributed by atoms with Crippen LogP contribution >= 0.6 is 0 Å². The number of hydrogen-bond donors (Lipinski definition) is 1. The van der Waals surface area contributed by atoms with Crippen LogP contribution in [-0.2, 0) is 73.8 Å². The third kappa shape index (κ3) is 9.54. The molecule has 1 spiro atoms. The zero-order valence-corrected chi connectivity index (χ0v) is 36.1. The molecule has 18 nitrogen and oxygen atoms in total. The first-order chi connectivity index (χ1) is 27.5. The van der Waals surface area contributed by atoms with Crippen LogP contribution in [-0.4, -0.2) is 118 Å². The Bertz CT molecular complexity index is 1970. The summed E-state index contributed by atoms with van der Waals surface area (Å²) in [6, 6.07) is 2.93. The quantitative estimate of drug-likeness (QED) is 0.190. The van der Waals surface area contributed by atoms with Crippen molar-refractivity contribution in [3.05, 3.63) is 35.1 Å². The van der Waals surface area contributed by atoms with Crippen molar-refractivity contribution in [3.63, 3.8) is 0 Å². The molecule has 2 aliphatic carbocycles. The summed E-state index contributed by atoms with van der Waals surface area (Å²) in [7, 11) is 1.89. The Morgan fingerprint density at radius 1 is 0.800 bits per heavy atom.